The summed E-state index contributed by atoms with van der Waals surface area (Å²) >= 11 is 0. The molecular formula is C26H28N2O4. The minimum atomic E-state index is -0.0347. The van der Waals surface area contributed by atoms with Gasteiger partial charge in [-0.15, -0.1) is 0 Å². The van der Waals surface area contributed by atoms with Crippen molar-refractivity contribution in [2.45, 2.75) is 39.3 Å². The van der Waals surface area contributed by atoms with Gasteiger partial charge in [-0.3, -0.25) is 4.79 Å². The van der Waals surface area contributed by atoms with E-state index in [2.05, 4.69) is 48.4 Å². The van der Waals surface area contributed by atoms with Crippen LogP contribution in [0.25, 0.3) is 11.1 Å². The van der Waals surface area contributed by atoms with Crippen LogP contribution in [0.15, 0.2) is 48.5 Å². The highest BCUT2D eigenvalue weighted by atomic mass is 16.5. The molecule has 0 saturated carbocycles. The van der Waals surface area contributed by atoms with Gasteiger partial charge in [0.1, 0.15) is 17.5 Å². The molecule has 0 N–H and O–H groups in total. The molecule has 1 aromatic heterocycles. The Bertz CT molecular complexity index is 1100. The van der Waals surface area contributed by atoms with Crippen LogP contribution in [-0.4, -0.2) is 41.5 Å². The highest BCUT2D eigenvalue weighted by molar-refractivity contribution is 5.94. The molecule has 0 fully saturated rings. The summed E-state index contributed by atoms with van der Waals surface area (Å²) in [5.74, 6) is 1.72. The first-order valence-electron chi connectivity index (χ1n) is 11.3. The molecule has 3 heterocycles. The van der Waals surface area contributed by atoms with Gasteiger partial charge in [-0.05, 0) is 49.1 Å². The summed E-state index contributed by atoms with van der Waals surface area (Å²) in [4.78, 5) is 12.9. The summed E-state index contributed by atoms with van der Waals surface area (Å²) in [7, 11) is 0. The van der Waals surface area contributed by atoms with Crippen molar-refractivity contribution in [2.24, 2.45) is 5.92 Å². The number of aryl methyl sites for hydroxylation is 1. The lowest BCUT2D eigenvalue weighted by atomic mass is 9.90. The van der Waals surface area contributed by atoms with Crippen molar-refractivity contribution in [1.82, 2.24) is 9.78 Å². The lowest BCUT2D eigenvalue weighted by molar-refractivity contribution is 0.0662. The van der Waals surface area contributed by atoms with Crippen LogP contribution in [0, 0.1) is 12.8 Å². The predicted octanol–water partition coefficient (Wildman–Crippen LogP) is 4.48. The Morgan fingerprint density at radius 1 is 1.16 bits per heavy atom. The molecule has 0 amide bonds. The first-order chi connectivity index (χ1) is 15.6. The summed E-state index contributed by atoms with van der Waals surface area (Å²) < 4.78 is 19.0. The van der Waals surface area contributed by atoms with Crippen LogP contribution in [0.1, 0.15) is 35.0 Å². The lowest BCUT2D eigenvalue weighted by Crippen LogP contribution is -2.24. The van der Waals surface area contributed by atoms with Crippen LogP contribution in [-0.2, 0) is 17.7 Å². The maximum absolute atomic E-state index is 12.9. The topological polar surface area (TPSA) is 62.6 Å². The second-order valence-electron chi connectivity index (χ2n) is 8.65. The highest BCUT2D eigenvalue weighted by Gasteiger charge is 2.29. The fourth-order valence-corrected chi connectivity index (χ4v) is 4.38. The van der Waals surface area contributed by atoms with Crippen molar-refractivity contribution in [2.75, 3.05) is 19.8 Å². The third-order valence-corrected chi connectivity index (χ3v) is 6.10. The van der Waals surface area contributed by atoms with E-state index in [1.54, 1.807) is 10.7 Å². The van der Waals surface area contributed by atoms with Gasteiger partial charge in [0.15, 0.2) is 5.78 Å². The van der Waals surface area contributed by atoms with E-state index in [0.717, 1.165) is 17.7 Å². The van der Waals surface area contributed by atoms with Crippen molar-refractivity contribution in [3.8, 4) is 22.8 Å². The first-order valence-corrected chi connectivity index (χ1v) is 11.3. The Morgan fingerprint density at radius 3 is 2.75 bits per heavy atom. The average Bonchev–Trinajstić information content (AvgIpc) is 3.37. The van der Waals surface area contributed by atoms with Gasteiger partial charge < -0.3 is 14.2 Å². The number of fused-ring (bicyclic) bond motifs is 2. The van der Waals surface area contributed by atoms with Gasteiger partial charge in [0.25, 0.3) is 0 Å². The summed E-state index contributed by atoms with van der Waals surface area (Å²) in [5, 5.41) is 4.47. The van der Waals surface area contributed by atoms with Crippen LogP contribution in [0.3, 0.4) is 0 Å². The van der Waals surface area contributed by atoms with Crippen LogP contribution in [0.4, 0.5) is 0 Å². The van der Waals surface area contributed by atoms with Gasteiger partial charge in [0.05, 0.1) is 19.8 Å². The largest absolute Gasteiger partial charge is 0.493 e. The zero-order valence-corrected chi connectivity index (χ0v) is 18.5. The molecule has 32 heavy (non-hydrogen) atoms. The van der Waals surface area contributed by atoms with Crippen molar-refractivity contribution in [3.63, 3.8) is 0 Å². The number of benzene rings is 2. The van der Waals surface area contributed by atoms with Gasteiger partial charge in [-0.25, -0.2) is 4.68 Å². The molecule has 0 aliphatic carbocycles. The summed E-state index contributed by atoms with van der Waals surface area (Å²) in [6.45, 7) is 6.40. The van der Waals surface area contributed by atoms with Gasteiger partial charge in [0, 0.05) is 25.0 Å². The average molecular weight is 433 g/mol. The Morgan fingerprint density at radius 2 is 1.97 bits per heavy atom. The number of rotatable bonds is 7. The quantitative estimate of drug-likeness (QED) is 0.515. The number of ether oxygens (including phenoxy) is 3. The number of Topliss-reactive ketones (excluding diaryl/α,β-unsaturated/α-hetero) is 1. The van der Waals surface area contributed by atoms with Gasteiger partial charge >= 0.3 is 0 Å². The molecule has 3 aromatic rings. The molecule has 2 aliphatic rings. The van der Waals surface area contributed by atoms with Crippen LogP contribution >= 0.6 is 0 Å². The molecule has 2 aromatic carbocycles. The van der Waals surface area contributed by atoms with E-state index in [1.165, 1.54) is 16.7 Å². The Kier molecular flexibility index (Phi) is 5.70. The second-order valence-corrected chi connectivity index (χ2v) is 8.65. The van der Waals surface area contributed by atoms with E-state index in [4.69, 9.17) is 14.2 Å². The smallest absolute Gasteiger partial charge is 0.213 e. The fraction of sp³-hybridized carbons (Fsp3) is 0.385. The molecule has 6 nitrogen and oxygen atoms in total. The molecule has 166 valence electrons. The Hall–Kier alpha value is -3.12. The molecule has 2 atom stereocenters. The van der Waals surface area contributed by atoms with Crippen molar-refractivity contribution in [1.29, 1.82) is 0 Å². The molecule has 0 radical (unpaired) electrons. The minimum absolute atomic E-state index is 0.0311. The second kappa shape index (κ2) is 8.79. The summed E-state index contributed by atoms with van der Waals surface area (Å²) in [6, 6.07) is 16.6. The SMILES string of the molecule is CCOCC1Cn2nc(C(=O)CC3COc4ccc(-c5ccc(C)cc5)cc4C3)cc2O1. The molecular weight excluding hydrogens is 404 g/mol. The van der Waals surface area contributed by atoms with E-state index in [9.17, 15) is 4.79 Å². The maximum atomic E-state index is 12.9. The normalized spacial score (nSPS) is 19.1. The number of carbonyl (C=O) groups is 1. The standard InChI is InChI=1S/C26H28N2O4/c1-3-30-16-22-14-28-26(32-22)13-23(27-28)24(29)11-18-10-21-12-20(8-9-25(21)31-15-18)19-6-4-17(2)5-7-19/h4-9,12-13,18,22H,3,10-11,14-16H2,1-2H3. The zero-order chi connectivity index (χ0) is 22.1. The van der Waals surface area contributed by atoms with Gasteiger partial charge in [-0.2, -0.15) is 5.10 Å². The molecule has 2 aliphatic heterocycles. The van der Waals surface area contributed by atoms with Crippen molar-refractivity contribution >= 4 is 5.78 Å². The number of carbonyl (C=O) groups excluding carboxylic acids is 1. The minimum Gasteiger partial charge on any atom is -0.493 e. The Labute approximate surface area is 188 Å². The molecule has 0 bridgehead atoms. The number of aromatic nitrogens is 2. The molecule has 5 rings (SSSR count). The van der Waals surface area contributed by atoms with Crippen LogP contribution in [0.2, 0.25) is 0 Å². The molecule has 0 spiro atoms. The summed E-state index contributed by atoms with van der Waals surface area (Å²) in [5.41, 5.74) is 5.22. The number of hydrogen-bond donors (Lipinski definition) is 0. The molecule has 0 saturated heterocycles. The predicted molar refractivity (Wildman–Crippen MR) is 121 cm³/mol. The third kappa shape index (κ3) is 4.28. The fourth-order valence-electron chi connectivity index (χ4n) is 4.38. The van der Waals surface area contributed by atoms with E-state index < -0.39 is 0 Å². The third-order valence-electron chi connectivity index (χ3n) is 6.10. The molecule has 6 heteroatoms. The lowest BCUT2D eigenvalue weighted by Gasteiger charge is -2.25. The number of ketones is 1. The van der Waals surface area contributed by atoms with Crippen molar-refractivity contribution < 1.29 is 19.0 Å². The van der Waals surface area contributed by atoms with Gasteiger partial charge in [0.2, 0.25) is 5.88 Å². The Balaban J connectivity index is 1.23. The summed E-state index contributed by atoms with van der Waals surface area (Å²) in [6.07, 6.45) is 1.20. The van der Waals surface area contributed by atoms with E-state index in [-0.39, 0.29) is 17.8 Å². The van der Waals surface area contributed by atoms with E-state index in [1.807, 2.05) is 13.0 Å². The van der Waals surface area contributed by atoms with E-state index in [0.29, 0.717) is 44.4 Å². The first kappa shape index (κ1) is 20.8. The monoisotopic (exact) mass is 432 g/mol. The maximum Gasteiger partial charge on any atom is 0.213 e. The van der Waals surface area contributed by atoms with Gasteiger partial charge in [-0.1, -0.05) is 35.9 Å². The number of hydrogen-bond acceptors (Lipinski definition) is 5. The molecule has 2 unspecified atom stereocenters. The van der Waals surface area contributed by atoms with Crippen LogP contribution < -0.4 is 9.47 Å². The highest BCUT2D eigenvalue weighted by Crippen LogP contribution is 2.33. The van der Waals surface area contributed by atoms with Crippen molar-refractivity contribution in [3.05, 3.63) is 65.4 Å². The number of nitrogens with zero attached hydrogens (tertiary/aromatic N) is 2. The van der Waals surface area contributed by atoms with Crippen LogP contribution in [0.5, 0.6) is 11.6 Å². The zero-order valence-electron chi connectivity index (χ0n) is 18.5. The van der Waals surface area contributed by atoms with E-state index >= 15 is 0 Å².